The van der Waals surface area contributed by atoms with E-state index < -0.39 is 6.10 Å². The van der Waals surface area contributed by atoms with Crippen LogP contribution in [-0.2, 0) is 6.54 Å². The van der Waals surface area contributed by atoms with Gasteiger partial charge in [-0.15, -0.1) is 0 Å². The Kier molecular flexibility index (Phi) is 3.79. The number of hydrogen-bond acceptors (Lipinski definition) is 5. The molecule has 4 rings (SSSR count). The number of aliphatic hydroxyl groups excluding tert-OH is 2. The first-order chi connectivity index (χ1) is 11.7. The van der Waals surface area contributed by atoms with E-state index in [-0.39, 0.29) is 23.9 Å². The maximum absolute atomic E-state index is 10.8. The van der Waals surface area contributed by atoms with Gasteiger partial charge in [0.25, 0.3) is 0 Å². The van der Waals surface area contributed by atoms with Gasteiger partial charge >= 0.3 is 0 Å². The minimum absolute atomic E-state index is 0.111. The van der Waals surface area contributed by atoms with E-state index in [1.807, 2.05) is 30.3 Å². The van der Waals surface area contributed by atoms with Crippen molar-refractivity contribution in [2.75, 3.05) is 25.4 Å². The highest BCUT2D eigenvalue weighted by Gasteiger charge is 2.70. The van der Waals surface area contributed by atoms with Crippen molar-refractivity contribution in [3.8, 4) is 0 Å². The summed E-state index contributed by atoms with van der Waals surface area (Å²) in [4.78, 5) is 6.36. The summed E-state index contributed by atoms with van der Waals surface area (Å²) in [6.45, 7) is 2.17. The third-order valence-corrected chi connectivity index (χ3v) is 5.79. The quantitative estimate of drug-likeness (QED) is 0.788. The minimum atomic E-state index is -0.433. The largest absolute Gasteiger partial charge is 0.396 e. The van der Waals surface area contributed by atoms with Crippen LogP contribution in [0.4, 0.5) is 5.82 Å². The van der Waals surface area contributed by atoms with Gasteiger partial charge in [-0.1, -0.05) is 36.4 Å². The van der Waals surface area contributed by atoms with Crippen LogP contribution in [0.25, 0.3) is 0 Å². The topological polar surface area (TPSA) is 82.6 Å². The van der Waals surface area contributed by atoms with Crippen LogP contribution in [0.5, 0.6) is 0 Å². The standard InChI is InChI=1S/C19H23N3O2/c20-18-14(7-4-8-21-18)9-22-10-16(24)19(12-22)15(11-23)17(19)13-5-2-1-3-6-13/h1-8,15-17,23-24H,9-12H2,(H2,20,21)/t15-,16-,17-,19-/m1/s1. The Labute approximate surface area is 141 Å². The van der Waals surface area contributed by atoms with Crippen molar-refractivity contribution >= 4 is 5.82 Å². The van der Waals surface area contributed by atoms with E-state index in [0.717, 1.165) is 12.1 Å². The van der Waals surface area contributed by atoms with Crippen LogP contribution in [0.3, 0.4) is 0 Å². The molecule has 0 bridgehead atoms. The van der Waals surface area contributed by atoms with E-state index >= 15 is 0 Å². The van der Waals surface area contributed by atoms with E-state index in [2.05, 4.69) is 22.0 Å². The van der Waals surface area contributed by atoms with Gasteiger partial charge in [-0.3, -0.25) is 4.90 Å². The lowest BCUT2D eigenvalue weighted by Gasteiger charge is -2.17. The Morgan fingerprint density at radius 2 is 2.00 bits per heavy atom. The second-order valence-corrected chi connectivity index (χ2v) is 7.02. The number of rotatable bonds is 4. The van der Waals surface area contributed by atoms with Crippen LogP contribution < -0.4 is 5.73 Å². The lowest BCUT2D eigenvalue weighted by atomic mass is 9.95. The Bertz CT molecular complexity index is 724. The van der Waals surface area contributed by atoms with E-state index in [0.29, 0.717) is 18.9 Å². The fourth-order valence-electron chi connectivity index (χ4n) is 4.61. The molecular weight excluding hydrogens is 302 g/mol. The maximum atomic E-state index is 10.8. The van der Waals surface area contributed by atoms with Crippen molar-refractivity contribution in [1.29, 1.82) is 0 Å². The minimum Gasteiger partial charge on any atom is -0.396 e. The summed E-state index contributed by atoms with van der Waals surface area (Å²) in [7, 11) is 0. The Balaban J connectivity index is 1.55. The van der Waals surface area contributed by atoms with E-state index in [4.69, 9.17) is 5.73 Å². The molecule has 1 spiro atoms. The van der Waals surface area contributed by atoms with Gasteiger partial charge in [0.05, 0.1) is 6.10 Å². The highest BCUT2D eigenvalue weighted by atomic mass is 16.3. The molecule has 4 N–H and O–H groups in total. The molecule has 0 radical (unpaired) electrons. The molecule has 2 aliphatic rings. The Hall–Kier alpha value is -1.95. The molecule has 4 atom stereocenters. The third-order valence-electron chi connectivity index (χ3n) is 5.79. The van der Waals surface area contributed by atoms with Gasteiger partial charge < -0.3 is 15.9 Å². The van der Waals surface area contributed by atoms with Crippen molar-refractivity contribution in [3.63, 3.8) is 0 Å². The van der Waals surface area contributed by atoms with Crippen molar-refractivity contribution in [1.82, 2.24) is 9.88 Å². The second-order valence-electron chi connectivity index (χ2n) is 7.02. The molecule has 1 aromatic heterocycles. The second kappa shape index (κ2) is 5.84. The predicted molar refractivity (Wildman–Crippen MR) is 92.1 cm³/mol. The third kappa shape index (κ3) is 2.32. The molecule has 2 heterocycles. The molecule has 5 nitrogen and oxygen atoms in total. The number of likely N-dealkylation sites (tertiary alicyclic amines) is 1. The smallest absolute Gasteiger partial charge is 0.127 e. The number of aromatic nitrogens is 1. The molecule has 1 aliphatic heterocycles. The van der Waals surface area contributed by atoms with Crippen molar-refractivity contribution in [2.24, 2.45) is 11.3 Å². The highest BCUT2D eigenvalue weighted by Crippen LogP contribution is 2.68. The van der Waals surface area contributed by atoms with Gasteiger partial charge in [-0.05, 0) is 23.5 Å². The zero-order chi connectivity index (χ0) is 16.7. The number of aliphatic hydroxyl groups is 2. The molecule has 2 fully saturated rings. The zero-order valence-electron chi connectivity index (χ0n) is 13.5. The summed E-state index contributed by atoms with van der Waals surface area (Å²) in [6, 6.07) is 14.1. The average Bonchev–Trinajstić information content (AvgIpc) is 3.14. The predicted octanol–water partition coefficient (Wildman–Crippen LogP) is 1.23. The lowest BCUT2D eigenvalue weighted by Crippen LogP contribution is -2.23. The number of pyridine rings is 1. The van der Waals surface area contributed by atoms with Gasteiger partial charge in [-0.2, -0.15) is 0 Å². The van der Waals surface area contributed by atoms with E-state index in [9.17, 15) is 10.2 Å². The molecular formula is C19H23N3O2. The molecule has 24 heavy (non-hydrogen) atoms. The maximum Gasteiger partial charge on any atom is 0.127 e. The van der Waals surface area contributed by atoms with Crippen LogP contribution in [-0.4, -0.2) is 45.9 Å². The molecule has 126 valence electrons. The number of nitrogens with two attached hydrogens (primary N) is 1. The molecule has 1 saturated heterocycles. The number of nitrogens with zero attached hydrogens (tertiary/aromatic N) is 2. The van der Waals surface area contributed by atoms with Crippen LogP contribution in [0.2, 0.25) is 0 Å². The molecule has 5 heteroatoms. The first-order valence-electron chi connectivity index (χ1n) is 8.42. The molecule has 0 amide bonds. The van der Waals surface area contributed by atoms with Gasteiger partial charge in [0.2, 0.25) is 0 Å². The first kappa shape index (κ1) is 15.6. The summed E-state index contributed by atoms with van der Waals surface area (Å²) in [5, 5.41) is 20.6. The first-order valence-corrected chi connectivity index (χ1v) is 8.42. The SMILES string of the molecule is Nc1ncccc1CN1C[C@@H](O)[C@@]2(C1)[C@H](CO)[C@H]2c1ccccc1. The van der Waals surface area contributed by atoms with Crippen molar-refractivity contribution in [3.05, 3.63) is 59.8 Å². The van der Waals surface area contributed by atoms with Crippen LogP contribution >= 0.6 is 0 Å². The zero-order valence-corrected chi connectivity index (χ0v) is 13.5. The summed E-state index contributed by atoms with van der Waals surface area (Å²) < 4.78 is 0. The summed E-state index contributed by atoms with van der Waals surface area (Å²) in [5.41, 5.74) is 7.90. The van der Waals surface area contributed by atoms with E-state index in [1.54, 1.807) is 6.20 Å². The van der Waals surface area contributed by atoms with Crippen LogP contribution in [0.15, 0.2) is 48.7 Å². The highest BCUT2D eigenvalue weighted by molar-refractivity contribution is 5.40. The number of β-amino-alcohol motifs (C(OH)–C–C–N with tert-alkyl or cyclic N) is 1. The van der Waals surface area contributed by atoms with Crippen LogP contribution in [0.1, 0.15) is 17.0 Å². The number of benzene rings is 1. The fourth-order valence-corrected chi connectivity index (χ4v) is 4.61. The summed E-state index contributed by atoms with van der Waals surface area (Å²) in [6.07, 6.45) is 1.26. The molecule has 0 unspecified atom stereocenters. The number of nitrogen functional groups attached to an aromatic ring is 1. The average molecular weight is 325 g/mol. The Morgan fingerprint density at radius 3 is 2.71 bits per heavy atom. The number of hydrogen-bond donors (Lipinski definition) is 3. The lowest BCUT2D eigenvalue weighted by molar-refractivity contribution is 0.111. The summed E-state index contributed by atoms with van der Waals surface area (Å²) >= 11 is 0. The van der Waals surface area contributed by atoms with E-state index in [1.165, 1.54) is 5.56 Å². The molecule has 1 aromatic carbocycles. The van der Waals surface area contributed by atoms with Gasteiger partial charge in [0.1, 0.15) is 5.82 Å². The van der Waals surface area contributed by atoms with Gasteiger partial charge in [0, 0.05) is 43.4 Å². The molecule has 2 aromatic rings. The Morgan fingerprint density at radius 1 is 1.21 bits per heavy atom. The molecule has 1 saturated carbocycles. The normalized spacial score (nSPS) is 32.3. The summed E-state index contributed by atoms with van der Waals surface area (Å²) in [5.74, 6) is 0.878. The van der Waals surface area contributed by atoms with Crippen LogP contribution in [0, 0.1) is 11.3 Å². The van der Waals surface area contributed by atoms with Gasteiger partial charge in [-0.25, -0.2) is 4.98 Å². The van der Waals surface area contributed by atoms with Gasteiger partial charge in [0.15, 0.2) is 0 Å². The monoisotopic (exact) mass is 325 g/mol. The number of anilines is 1. The fraction of sp³-hybridized carbons (Fsp3) is 0.421. The van der Waals surface area contributed by atoms with Crippen molar-refractivity contribution < 1.29 is 10.2 Å². The molecule has 1 aliphatic carbocycles. The van der Waals surface area contributed by atoms with Crippen molar-refractivity contribution in [2.45, 2.75) is 18.6 Å².